The number of anilines is 2. The van der Waals surface area contributed by atoms with Crippen molar-refractivity contribution in [2.24, 2.45) is 0 Å². The molecule has 2 heterocycles. The van der Waals surface area contributed by atoms with E-state index in [1.54, 1.807) is 18.3 Å². The average molecular weight is 562 g/mol. The molecule has 1 aliphatic carbocycles. The lowest BCUT2D eigenvalue weighted by Crippen LogP contribution is -2.36. The lowest BCUT2D eigenvalue weighted by Gasteiger charge is -2.28. The Hall–Kier alpha value is -3.18. The summed E-state index contributed by atoms with van der Waals surface area (Å²) in [7, 11) is -1.44. The lowest BCUT2D eigenvalue weighted by molar-refractivity contribution is 0.0982. The van der Waals surface area contributed by atoms with E-state index < -0.39 is 34.6 Å². The number of nitrogens with zero attached hydrogens (tertiary/aromatic N) is 3. The number of carbonyl (C=O) groups excluding carboxylic acids is 1. The fraction of sp³-hybridized carbons (Fsp3) is 0.464. The summed E-state index contributed by atoms with van der Waals surface area (Å²) < 4.78 is 47.7. The zero-order valence-electron chi connectivity index (χ0n) is 23.1. The molecule has 212 valence electrons. The first kappa shape index (κ1) is 30.4. The van der Waals surface area contributed by atoms with E-state index in [-0.39, 0.29) is 16.5 Å². The number of fused-ring (bicyclic) bond motifs is 1. The molecule has 8 nitrogen and oxygen atoms in total. The van der Waals surface area contributed by atoms with Crippen molar-refractivity contribution in [1.29, 1.82) is 0 Å². The van der Waals surface area contributed by atoms with Crippen LogP contribution >= 0.6 is 0 Å². The third-order valence-corrected chi connectivity index (χ3v) is 7.46. The van der Waals surface area contributed by atoms with E-state index in [0.29, 0.717) is 48.7 Å². The van der Waals surface area contributed by atoms with Gasteiger partial charge in [-0.3, -0.25) is 14.5 Å². The summed E-state index contributed by atoms with van der Waals surface area (Å²) in [5, 5.41) is 3.09. The first-order valence-electron chi connectivity index (χ1n) is 13.4. The Labute approximate surface area is 231 Å². The topological polar surface area (TPSA) is 96.5 Å². The third-order valence-electron chi connectivity index (χ3n) is 5.99. The number of hydrogen-bond donors (Lipinski definition) is 2. The van der Waals surface area contributed by atoms with Gasteiger partial charge in [0.1, 0.15) is 28.4 Å². The van der Waals surface area contributed by atoms with Crippen LogP contribution in [0.2, 0.25) is 0 Å². The van der Waals surface area contributed by atoms with Crippen molar-refractivity contribution in [2.45, 2.75) is 58.8 Å². The highest BCUT2D eigenvalue weighted by Gasteiger charge is 2.30. The minimum absolute atomic E-state index is 0.00165. The zero-order valence-corrected chi connectivity index (χ0v) is 23.9. The molecule has 1 amide bonds. The first-order valence-corrected chi connectivity index (χ1v) is 14.7. The molecule has 39 heavy (non-hydrogen) atoms. The van der Waals surface area contributed by atoms with Gasteiger partial charge in [-0.2, -0.15) is 0 Å². The van der Waals surface area contributed by atoms with Crippen LogP contribution in [-0.2, 0) is 15.7 Å². The molecular formula is C28H37F2N5O3S. The fourth-order valence-electron chi connectivity index (χ4n) is 4.02. The van der Waals surface area contributed by atoms with Gasteiger partial charge in [0.25, 0.3) is 5.91 Å². The Balaban J connectivity index is 0.00000100. The predicted octanol–water partition coefficient (Wildman–Crippen LogP) is 5.53. The number of morpholine rings is 1. The molecule has 2 unspecified atom stereocenters. The molecule has 1 saturated heterocycles. The Morgan fingerprint density at radius 2 is 1.69 bits per heavy atom. The molecule has 0 spiro atoms. The van der Waals surface area contributed by atoms with Crippen LogP contribution in [0.3, 0.4) is 0 Å². The summed E-state index contributed by atoms with van der Waals surface area (Å²) in [5.41, 5.74) is 2.21. The molecule has 2 fully saturated rings. The SMILES string of the molecule is CC.CC.CC(Nc1cc(F)cc(F)c1)c1cc(C(=O)NS(=O)C2CC2)cc2ncc(N3CCOCC3)nc12. The summed E-state index contributed by atoms with van der Waals surface area (Å²) in [6, 6.07) is 5.99. The monoisotopic (exact) mass is 561 g/mol. The Bertz CT molecular complexity index is 1280. The van der Waals surface area contributed by atoms with Crippen molar-refractivity contribution < 1.29 is 22.5 Å². The molecule has 1 aromatic heterocycles. The second-order valence-corrected chi connectivity index (χ2v) is 10.2. The maximum atomic E-state index is 13.8. The number of rotatable bonds is 7. The molecule has 0 bridgehead atoms. The van der Waals surface area contributed by atoms with Crippen LogP contribution in [0.5, 0.6) is 0 Å². The smallest absolute Gasteiger partial charge is 0.263 e. The molecule has 2 aromatic carbocycles. The van der Waals surface area contributed by atoms with Crippen LogP contribution in [0.4, 0.5) is 20.3 Å². The average Bonchev–Trinajstić information content (AvgIpc) is 3.80. The normalized spacial score (nSPS) is 16.2. The Morgan fingerprint density at radius 3 is 2.31 bits per heavy atom. The standard InChI is InChI=1S/C24H25F2N5O3S.2C2H6/c1-14(28-18-11-16(25)10-17(26)12-18)20-8-15(24(32)30-35(33)19-2-3-19)9-21-23(20)29-22(13-27-21)31-4-6-34-7-5-31;2*1-2/h8-14,19,28H,2-7H2,1H3,(H,30,32);2*1-2H3. The van der Waals surface area contributed by atoms with Gasteiger partial charge in [0.2, 0.25) is 0 Å². The summed E-state index contributed by atoms with van der Waals surface area (Å²) >= 11 is 0. The minimum atomic E-state index is -1.44. The van der Waals surface area contributed by atoms with Gasteiger partial charge in [0, 0.05) is 36.0 Å². The largest absolute Gasteiger partial charge is 0.378 e. The van der Waals surface area contributed by atoms with Crippen LogP contribution in [0.25, 0.3) is 11.0 Å². The number of carbonyl (C=O) groups is 1. The predicted molar refractivity (Wildman–Crippen MR) is 152 cm³/mol. The van der Waals surface area contributed by atoms with Crippen LogP contribution in [0.15, 0.2) is 36.5 Å². The minimum Gasteiger partial charge on any atom is -0.378 e. The Kier molecular flexibility index (Phi) is 11.1. The number of ether oxygens (including phenoxy) is 1. The number of halogens is 2. The summed E-state index contributed by atoms with van der Waals surface area (Å²) in [5.74, 6) is -1.19. The highest BCUT2D eigenvalue weighted by molar-refractivity contribution is 7.84. The highest BCUT2D eigenvalue weighted by Crippen LogP contribution is 2.30. The summed E-state index contributed by atoms with van der Waals surface area (Å²) in [6.07, 6.45) is 3.31. The number of nitrogens with one attached hydrogen (secondary N) is 2. The van der Waals surface area contributed by atoms with Gasteiger partial charge in [0.15, 0.2) is 0 Å². The van der Waals surface area contributed by atoms with Gasteiger partial charge in [0.05, 0.1) is 41.7 Å². The second-order valence-electron chi connectivity index (χ2n) is 8.71. The van der Waals surface area contributed by atoms with Gasteiger partial charge in [-0.15, -0.1) is 0 Å². The molecule has 0 radical (unpaired) electrons. The molecule has 3 aromatic rings. The quantitative estimate of drug-likeness (QED) is 0.392. The van der Waals surface area contributed by atoms with Gasteiger partial charge in [-0.25, -0.2) is 18.0 Å². The first-order chi connectivity index (χ1) is 18.9. The fourth-order valence-corrected chi connectivity index (χ4v) is 5.05. The maximum Gasteiger partial charge on any atom is 0.263 e. The Morgan fingerprint density at radius 1 is 1.05 bits per heavy atom. The van der Waals surface area contributed by atoms with E-state index in [1.807, 2.05) is 34.6 Å². The van der Waals surface area contributed by atoms with Crippen molar-refractivity contribution in [1.82, 2.24) is 14.7 Å². The number of benzene rings is 2. The molecule has 2 aliphatic rings. The van der Waals surface area contributed by atoms with E-state index in [1.165, 1.54) is 12.1 Å². The van der Waals surface area contributed by atoms with Gasteiger partial charge in [-0.05, 0) is 44.0 Å². The number of hydrogen-bond acceptors (Lipinski definition) is 7. The van der Waals surface area contributed by atoms with E-state index in [4.69, 9.17) is 9.72 Å². The highest BCUT2D eigenvalue weighted by atomic mass is 32.2. The van der Waals surface area contributed by atoms with E-state index in [2.05, 4.69) is 19.9 Å². The van der Waals surface area contributed by atoms with Crippen molar-refractivity contribution in [3.8, 4) is 0 Å². The van der Waals surface area contributed by atoms with Crippen LogP contribution in [-0.4, -0.2) is 51.6 Å². The van der Waals surface area contributed by atoms with Crippen LogP contribution in [0.1, 0.15) is 69.4 Å². The molecule has 2 N–H and O–H groups in total. The molecule has 1 aliphatic heterocycles. The van der Waals surface area contributed by atoms with Crippen LogP contribution in [0, 0.1) is 11.6 Å². The van der Waals surface area contributed by atoms with Gasteiger partial charge >= 0.3 is 0 Å². The molecule has 1 saturated carbocycles. The molecule has 5 rings (SSSR count). The number of amides is 1. The van der Waals surface area contributed by atoms with E-state index >= 15 is 0 Å². The zero-order chi connectivity index (χ0) is 28.5. The van der Waals surface area contributed by atoms with Gasteiger partial charge in [-0.1, -0.05) is 27.7 Å². The molecule has 2 atom stereocenters. The maximum absolute atomic E-state index is 13.8. The van der Waals surface area contributed by atoms with E-state index in [9.17, 15) is 17.8 Å². The third kappa shape index (κ3) is 7.92. The van der Waals surface area contributed by atoms with Crippen molar-refractivity contribution in [3.63, 3.8) is 0 Å². The summed E-state index contributed by atoms with van der Waals surface area (Å²) in [4.78, 5) is 24.3. The van der Waals surface area contributed by atoms with Crippen molar-refractivity contribution in [3.05, 3.63) is 59.3 Å². The summed E-state index contributed by atoms with van der Waals surface area (Å²) in [6.45, 7) is 12.4. The van der Waals surface area contributed by atoms with Gasteiger partial charge < -0.3 is 15.0 Å². The van der Waals surface area contributed by atoms with E-state index in [0.717, 1.165) is 18.9 Å². The van der Waals surface area contributed by atoms with Crippen LogP contribution < -0.4 is 14.9 Å². The lowest BCUT2D eigenvalue weighted by atomic mass is 10.0. The van der Waals surface area contributed by atoms with Crippen molar-refractivity contribution in [2.75, 3.05) is 36.5 Å². The van der Waals surface area contributed by atoms with Crippen molar-refractivity contribution >= 4 is 39.4 Å². The molecule has 11 heteroatoms. The second kappa shape index (κ2) is 14.3. The number of aromatic nitrogens is 2. The molecular weight excluding hydrogens is 524 g/mol.